The van der Waals surface area contributed by atoms with Gasteiger partial charge in [-0.2, -0.15) is 0 Å². The molecule has 27 heavy (non-hydrogen) atoms. The second-order valence-electron chi connectivity index (χ2n) is 6.67. The van der Waals surface area contributed by atoms with E-state index in [4.69, 9.17) is 0 Å². The number of carbonyl (C=O) groups excluding carboxylic acids is 2. The van der Waals surface area contributed by atoms with E-state index >= 15 is 0 Å². The third kappa shape index (κ3) is 3.67. The zero-order valence-corrected chi connectivity index (χ0v) is 15.3. The Morgan fingerprint density at radius 1 is 1.04 bits per heavy atom. The van der Waals surface area contributed by atoms with Gasteiger partial charge in [-0.15, -0.1) is 6.58 Å². The molecular weight excluding hydrogens is 343 g/mol. The van der Waals surface area contributed by atoms with E-state index in [1.54, 1.807) is 0 Å². The lowest BCUT2D eigenvalue weighted by atomic mass is 10.0. The molecular formula is C22H21FN2O2. The van der Waals surface area contributed by atoms with Crippen LogP contribution in [-0.4, -0.2) is 23.3 Å². The lowest BCUT2D eigenvalue weighted by molar-refractivity contribution is -0.136. The first-order valence-corrected chi connectivity index (χ1v) is 8.76. The quantitative estimate of drug-likeness (QED) is 0.613. The van der Waals surface area contributed by atoms with Crippen LogP contribution >= 0.6 is 0 Å². The number of benzene rings is 2. The molecule has 2 amide bonds. The molecule has 1 aliphatic heterocycles. The number of nitrogens with one attached hydrogen (secondary N) is 1. The van der Waals surface area contributed by atoms with Gasteiger partial charge in [0, 0.05) is 12.2 Å². The van der Waals surface area contributed by atoms with E-state index in [9.17, 15) is 14.0 Å². The molecule has 0 radical (unpaired) electrons. The Bertz CT molecular complexity index is 912. The van der Waals surface area contributed by atoms with Crippen molar-refractivity contribution in [3.05, 3.63) is 83.8 Å². The first kappa shape index (κ1) is 18.6. The van der Waals surface area contributed by atoms with Gasteiger partial charge in [-0.05, 0) is 41.3 Å². The molecule has 5 heteroatoms. The monoisotopic (exact) mass is 364 g/mol. The Kier molecular flexibility index (Phi) is 5.21. The fraction of sp³-hybridized carbons (Fsp3) is 0.182. The van der Waals surface area contributed by atoms with Gasteiger partial charge in [0.15, 0.2) is 0 Å². The largest absolute Gasteiger partial charge is 0.350 e. The van der Waals surface area contributed by atoms with E-state index in [-0.39, 0.29) is 17.8 Å². The summed E-state index contributed by atoms with van der Waals surface area (Å²) in [6.07, 6.45) is 1.50. The standard InChI is InChI=1S/C22H21FN2O2/c1-4-13-25-21(26)19(16-5-9-17(23)10-6-16)20(22(25)27)24-18-11-7-15(8-12-18)14(2)3/h4-12,14,24H,1,13H2,2-3H3. The normalized spacial score (nSPS) is 14.3. The fourth-order valence-corrected chi connectivity index (χ4v) is 2.97. The maximum atomic E-state index is 13.3. The van der Waals surface area contributed by atoms with Crippen LogP contribution in [0.5, 0.6) is 0 Å². The number of amides is 2. The zero-order valence-electron chi connectivity index (χ0n) is 15.3. The van der Waals surface area contributed by atoms with Crippen LogP contribution < -0.4 is 5.32 Å². The second kappa shape index (κ2) is 7.58. The average molecular weight is 364 g/mol. The van der Waals surface area contributed by atoms with Crippen LogP contribution in [0.2, 0.25) is 0 Å². The van der Waals surface area contributed by atoms with E-state index in [2.05, 4.69) is 25.7 Å². The lowest BCUT2D eigenvalue weighted by Gasteiger charge is -2.13. The van der Waals surface area contributed by atoms with Crippen molar-refractivity contribution in [2.45, 2.75) is 19.8 Å². The highest BCUT2D eigenvalue weighted by atomic mass is 19.1. The van der Waals surface area contributed by atoms with Crippen molar-refractivity contribution in [1.82, 2.24) is 4.90 Å². The molecule has 0 unspecified atom stereocenters. The number of hydrogen-bond donors (Lipinski definition) is 1. The summed E-state index contributed by atoms with van der Waals surface area (Å²) in [5, 5.41) is 3.08. The molecule has 0 spiro atoms. The summed E-state index contributed by atoms with van der Waals surface area (Å²) in [5.41, 5.74) is 2.79. The van der Waals surface area contributed by atoms with Gasteiger partial charge >= 0.3 is 0 Å². The van der Waals surface area contributed by atoms with Crippen LogP contribution in [0.3, 0.4) is 0 Å². The molecule has 0 aliphatic carbocycles. The average Bonchev–Trinajstić information content (AvgIpc) is 2.88. The van der Waals surface area contributed by atoms with Gasteiger partial charge in [-0.25, -0.2) is 4.39 Å². The number of imide groups is 1. The topological polar surface area (TPSA) is 49.4 Å². The number of rotatable bonds is 6. The van der Waals surface area contributed by atoms with Crippen molar-refractivity contribution < 1.29 is 14.0 Å². The number of nitrogens with zero attached hydrogens (tertiary/aromatic N) is 1. The van der Waals surface area contributed by atoms with Gasteiger partial charge in [-0.3, -0.25) is 14.5 Å². The van der Waals surface area contributed by atoms with E-state index in [1.807, 2.05) is 24.3 Å². The predicted octanol–water partition coefficient (Wildman–Crippen LogP) is 4.33. The van der Waals surface area contributed by atoms with Crippen molar-refractivity contribution in [2.24, 2.45) is 0 Å². The van der Waals surface area contributed by atoms with Crippen molar-refractivity contribution in [1.29, 1.82) is 0 Å². The first-order chi connectivity index (χ1) is 12.9. The van der Waals surface area contributed by atoms with E-state index < -0.39 is 17.6 Å². The molecule has 1 aliphatic rings. The zero-order chi connectivity index (χ0) is 19.6. The third-order valence-corrected chi connectivity index (χ3v) is 4.46. The van der Waals surface area contributed by atoms with Crippen LogP contribution in [-0.2, 0) is 9.59 Å². The number of anilines is 1. The highest BCUT2D eigenvalue weighted by molar-refractivity contribution is 6.36. The van der Waals surface area contributed by atoms with Crippen molar-refractivity contribution in [3.8, 4) is 0 Å². The van der Waals surface area contributed by atoms with Crippen molar-refractivity contribution >= 4 is 23.1 Å². The Morgan fingerprint density at radius 2 is 1.67 bits per heavy atom. The molecule has 138 valence electrons. The van der Waals surface area contributed by atoms with Crippen LogP contribution in [0.25, 0.3) is 5.57 Å². The Morgan fingerprint density at radius 3 is 2.22 bits per heavy atom. The summed E-state index contributed by atoms with van der Waals surface area (Å²) >= 11 is 0. The van der Waals surface area contributed by atoms with E-state index in [0.29, 0.717) is 17.2 Å². The van der Waals surface area contributed by atoms with Crippen LogP contribution in [0, 0.1) is 5.82 Å². The minimum Gasteiger partial charge on any atom is -0.350 e. The number of carbonyl (C=O) groups is 2. The van der Waals surface area contributed by atoms with Gasteiger partial charge < -0.3 is 5.32 Å². The van der Waals surface area contributed by atoms with Gasteiger partial charge in [0.25, 0.3) is 11.8 Å². The van der Waals surface area contributed by atoms with Crippen LogP contribution in [0.15, 0.2) is 66.9 Å². The summed E-state index contributed by atoms with van der Waals surface area (Å²) in [7, 11) is 0. The Balaban J connectivity index is 2.02. The minimum absolute atomic E-state index is 0.111. The number of halogens is 1. The molecule has 0 fully saturated rings. The van der Waals surface area contributed by atoms with Crippen molar-refractivity contribution in [2.75, 3.05) is 11.9 Å². The summed E-state index contributed by atoms with van der Waals surface area (Å²) in [4.78, 5) is 26.7. The molecule has 2 aromatic rings. The molecule has 0 aromatic heterocycles. The molecule has 0 saturated carbocycles. The summed E-state index contributed by atoms with van der Waals surface area (Å²) in [6.45, 7) is 7.92. The summed E-state index contributed by atoms with van der Waals surface area (Å²) in [5.74, 6) is -0.858. The Labute approximate surface area is 158 Å². The molecule has 0 saturated heterocycles. The molecule has 1 N–H and O–H groups in total. The van der Waals surface area contributed by atoms with Crippen LogP contribution in [0.1, 0.15) is 30.9 Å². The Hall–Kier alpha value is -3.21. The van der Waals surface area contributed by atoms with Gasteiger partial charge in [0.2, 0.25) is 0 Å². The lowest BCUT2D eigenvalue weighted by Crippen LogP contribution is -2.32. The third-order valence-electron chi connectivity index (χ3n) is 4.46. The smallest absolute Gasteiger partial charge is 0.278 e. The van der Waals surface area contributed by atoms with Gasteiger partial charge in [-0.1, -0.05) is 44.2 Å². The molecule has 3 rings (SSSR count). The summed E-state index contributed by atoms with van der Waals surface area (Å²) < 4.78 is 13.3. The van der Waals surface area contributed by atoms with Crippen molar-refractivity contribution in [3.63, 3.8) is 0 Å². The van der Waals surface area contributed by atoms with Crippen LogP contribution in [0.4, 0.5) is 10.1 Å². The molecule has 0 atom stereocenters. The molecule has 0 bridgehead atoms. The minimum atomic E-state index is -0.424. The maximum Gasteiger partial charge on any atom is 0.278 e. The predicted molar refractivity (Wildman–Crippen MR) is 104 cm³/mol. The van der Waals surface area contributed by atoms with E-state index in [0.717, 1.165) is 4.90 Å². The van der Waals surface area contributed by atoms with Gasteiger partial charge in [0.1, 0.15) is 11.5 Å². The molecule has 4 nitrogen and oxygen atoms in total. The summed E-state index contributed by atoms with van der Waals surface area (Å²) in [6, 6.07) is 13.2. The highest BCUT2D eigenvalue weighted by Gasteiger charge is 2.38. The number of hydrogen-bond acceptors (Lipinski definition) is 3. The van der Waals surface area contributed by atoms with E-state index in [1.165, 1.54) is 35.9 Å². The fourth-order valence-electron chi connectivity index (χ4n) is 2.97. The maximum absolute atomic E-state index is 13.3. The van der Waals surface area contributed by atoms with Gasteiger partial charge in [0.05, 0.1) is 5.57 Å². The molecule has 1 heterocycles. The highest BCUT2D eigenvalue weighted by Crippen LogP contribution is 2.31. The SMILES string of the molecule is C=CCN1C(=O)C(Nc2ccc(C(C)C)cc2)=C(c2ccc(F)cc2)C1=O. The molecule has 2 aromatic carbocycles. The first-order valence-electron chi connectivity index (χ1n) is 8.76. The second-order valence-corrected chi connectivity index (χ2v) is 6.67.